The SMILES string of the molecule is CP(=O)(O)O.c1ccc(-c2ccccn2)nc1. The molecule has 2 rings (SSSR count). The molecule has 0 fully saturated rings. The first kappa shape index (κ1) is 13.5. The van der Waals surface area contributed by atoms with Crippen molar-refractivity contribution in [1.82, 2.24) is 9.97 Å². The van der Waals surface area contributed by atoms with Crippen LogP contribution in [0, 0.1) is 0 Å². The average molecular weight is 252 g/mol. The van der Waals surface area contributed by atoms with E-state index in [1.807, 2.05) is 36.4 Å². The summed E-state index contributed by atoms with van der Waals surface area (Å²) < 4.78 is 9.33. The maximum Gasteiger partial charge on any atom is 0.322 e. The molecular weight excluding hydrogens is 239 g/mol. The van der Waals surface area contributed by atoms with Gasteiger partial charge in [-0.2, -0.15) is 0 Å². The van der Waals surface area contributed by atoms with Crippen molar-refractivity contribution in [2.24, 2.45) is 0 Å². The van der Waals surface area contributed by atoms with E-state index in [1.165, 1.54) is 0 Å². The lowest BCUT2D eigenvalue weighted by atomic mass is 10.2. The number of aromatic nitrogens is 2. The lowest BCUT2D eigenvalue weighted by molar-refractivity contribution is 0.381. The van der Waals surface area contributed by atoms with Crippen molar-refractivity contribution in [3.8, 4) is 11.4 Å². The van der Waals surface area contributed by atoms with Gasteiger partial charge in [0.05, 0.1) is 11.4 Å². The molecule has 0 unspecified atom stereocenters. The average Bonchev–Trinajstić information content (AvgIpc) is 2.29. The molecule has 0 bridgehead atoms. The predicted molar refractivity (Wildman–Crippen MR) is 65.4 cm³/mol. The number of pyridine rings is 2. The van der Waals surface area contributed by atoms with Gasteiger partial charge in [-0.1, -0.05) is 12.1 Å². The standard InChI is InChI=1S/C10H8N2.CH5O3P/c1-3-7-11-9(5-1)10-6-2-4-8-12-10;1-5(2,3)4/h1-8H;1H3,(H2,2,3,4). The quantitative estimate of drug-likeness (QED) is 0.758. The zero-order valence-electron chi connectivity index (χ0n) is 9.26. The van der Waals surface area contributed by atoms with Gasteiger partial charge in [-0.05, 0) is 24.3 Å². The minimum atomic E-state index is -3.64. The van der Waals surface area contributed by atoms with Crippen LogP contribution >= 0.6 is 7.60 Å². The third kappa shape index (κ3) is 6.58. The molecule has 6 heteroatoms. The second kappa shape index (κ2) is 6.25. The van der Waals surface area contributed by atoms with Crippen LogP contribution in [-0.2, 0) is 4.57 Å². The van der Waals surface area contributed by atoms with Crippen molar-refractivity contribution >= 4 is 7.60 Å². The summed E-state index contributed by atoms with van der Waals surface area (Å²) in [5, 5.41) is 0. The molecule has 5 nitrogen and oxygen atoms in total. The predicted octanol–water partition coefficient (Wildman–Crippen LogP) is 1.94. The van der Waals surface area contributed by atoms with Gasteiger partial charge in [0.1, 0.15) is 0 Å². The van der Waals surface area contributed by atoms with Crippen LogP contribution in [-0.4, -0.2) is 26.4 Å². The molecule has 0 radical (unpaired) electrons. The number of hydrogen-bond acceptors (Lipinski definition) is 3. The first-order valence-electron chi connectivity index (χ1n) is 4.82. The van der Waals surface area contributed by atoms with E-state index in [9.17, 15) is 4.57 Å². The summed E-state index contributed by atoms with van der Waals surface area (Å²) in [7, 11) is -3.64. The van der Waals surface area contributed by atoms with Crippen molar-refractivity contribution in [1.29, 1.82) is 0 Å². The lowest BCUT2D eigenvalue weighted by Gasteiger charge is -1.96. The Morgan fingerprint density at radius 2 is 1.29 bits per heavy atom. The third-order valence-corrected chi connectivity index (χ3v) is 1.59. The molecule has 0 saturated carbocycles. The fourth-order valence-electron chi connectivity index (χ4n) is 1.03. The largest absolute Gasteiger partial charge is 0.325 e. The van der Waals surface area contributed by atoms with E-state index in [4.69, 9.17) is 9.79 Å². The number of rotatable bonds is 1. The van der Waals surface area contributed by atoms with E-state index in [0.29, 0.717) is 0 Å². The smallest absolute Gasteiger partial charge is 0.322 e. The molecular formula is C11H13N2O3P. The molecule has 90 valence electrons. The van der Waals surface area contributed by atoms with Gasteiger partial charge in [-0.25, -0.2) is 0 Å². The minimum Gasteiger partial charge on any atom is -0.325 e. The Bertz CT molecular complexity index is 439. The molecule has 0 aliphatic rings. The van der Waals surface area contributed by atoms with Crippen molar-refractivity contribution in [3.05, 3.63) is 48.8 Å². The summed E-state index contributed by atoms with van der Waals surface area (Å²) in [6.45, 7) is 0.854. The van der Waals surface area contributed by atoms with Gasteiger partial charge >= 0.3 is 7.60 Å². The monoisotopic (exact) mass is 252 g/mol. The van der Waals surface area contributed by atoms with E-state index < -0.39 is 7.60 Å². The molecule has 0 atom stereocenters. The maximum absolute atomic E-state index is 9.33. The van der Waals surface area contributed by atoms with Gasteiger partial charge in [0.15, 0.2) is 0 Å². The summed E-state index contributed by atoms with van der Waals surface area (Å²) in [5.41, 5.74) is 1.83. The second-order valence-electron chi connectivity index (χ2n) is 3.27. The first-order valence-corrected chi connectivity index (χ1v) is 6.88. The fraction of sp³-hybridized carbons (Fsp3) is 0.0909. The van der Waals surface area contributed by atoms with Crippen LogP contribution in [0.2, 0.25) is 0 Å². The van der Waals surface area contributed by atoms with Gasteiger partial charge in [0.25, 0.3) is 0 Å². The third-order valence-electron chi connectivity index (χ3n) is 1.59. The highest BCUT2D eigenvalue weighted by Gasteiger charge is 1.96. The van der Waals surface area contributed by atoms with Crippen LogP contribution in [0.1, 0.15) is 0 Å². The first-order chi connectivity index (χ1) is 7.97. The lowest BCUT2D eigenvalue weighted by Crippen LogP contribution is -1.83. The zero-order valence-corrected chi connectivity index (χ0v) is 10.2. The highest BCUT2D eigenvalue weighted by molar-refractivity contribution is 7.50. The molecule has 0 saturated heterocycles. The molecule has 2 aromatic rings. The van der Waals surface area contributed by atoms with Crippen LogP contribution in [0.3, 0.4) is 0 Å². The summed E-state index contributed by atoms with van der Waals surface area (Å²) in [5.74, 6) is 0. The molecule has 0 aliphatic heterocycles. The molecule has 0 aromatic carbocycles. The van der Waals surface area contributed by atoms with E-state index in [-0.39, 0.29) is 0 Å². The van der Waals surface area contributed by atoms with Crippen LogP contribution < -0.4 is 0 Å². The van der Waals surface area contributed by atoms with Gasteiger partial charge in [0, 0.05) is 19.1 Å². The Morgan fingerprint density at radius 1 is 0.941 bits per heavy atom. The van der Waals surface area contributed by atoms with Gasteiger partial charge in [0.2, 0.25) is 0 Å². The van der Waals surface area contributed by atoms with E-state index in [2.05, 4.69) is 9.97 Å². The van der Waals surface area contributed by atoms with Crippen LogP contribution in [0.4, 0.5) is 0 Å². The number of nitrogens with zero attached hydrogens (tertiary/aromatic N) is 2. The van der Waals surface area contributed by atoms with Crippen LogP contribution in [0.25, 0.3) is 11.4 Å². The number of hydrogen-bond donors (Lipinski definition) is 2. The minimum absolute atomic E-state index is 0.854. The van der Waals surface area contributed by atoms with Crippen LogP contribution in [0.5, 0.6) is 0 Å². The summed E-state index contributed by atoms with van der Waals surface area (Å²) >= 11 is 0. The summed E-state index contributed by atoms with van der Waals surface area (Å²) in [4.78, 5) is 23.6. The molecule has 2 heterocycles. The summed E-state index contributed by atoms with van der Waals surface area (Å²) in [6, 6.07) is 11.6. The Labute approximate surface area is 99.3 Å². The van der Waals surface area contributed by atoms with Crippen molar-refractivity contribution in [3.63, 3.8) is 0 Å². The Hall–Kier alpha value is -1.55. The highest BCUT2D eigenvalue weighted by Crippen LogP contribution is 2.26. The van der Waals surface area contributed by atoms with Gasteiger partial charge < -0.3 is 9.79 Å². The summed E-state index contributed by atoms with van der Waals surface area (Å²) in [6.07, 6.45) is 3.54. The van der Waals surface area contributed by atoms with E-state index in [1.54, 1.807) is 12.4 Å². The van der Waals surface area contributed by atoms with E-state index in [0.717, 1.165) is 18.1 Å². The maximum atomic E-state index is 9.33. The van der Waals surface area contributed by atoms with Gasteiger partial charge in [-0.15, -0.1) is 0 Å². The Kier molecular flexibility index (Phi) is 4.97. The normalized spacial score (nSPS) is 10.3. The Balaban J connectivity index is 0.000000249. The van der Waals surface area contributed by atoms with Crippen molar-refractivity contribution in [2.75, 3.05) is 6.66 Å². The Morgan fingerprint density at radius 3 is 1.53 bits per heavy atom. The van der Waals surface area contributed by atoms with Crippen molar-refractivity contribution < 1.29 is 14.4 Å². The van der Waals surface area contributed by atoms with Crippen LogP contribution in [0.15, 0.2) is 48.8 Å². The van der Waals surface area contributed by atoms with Crippen molar-refractivity contribution in [2.45, 2.75) is 0 Å². The second-order valence-corrected chi connectivity index (χ2v) is 4.94. The zero-order chi connectivity index (χ0) is 12.7. The van der Waals surface area contributed by atoms with Gasteiger partial charge in [-0.3, -0.25) is 14.5 Å². The topological polar surface area (TPSA) is 83.3 Å². The molecule has 2 aromatic heterocycles. The van der Waals surface area contributed by atoms with E-state index >= 15 is 0 Å². The molecule has 0 aliphatic carbocycles. The molecule has 2 N–H and O–H groups in total. The fourth-order valence-corrected chi connectivity index (χ4v) is 1.03. The molecule has 17 heavy (non-hydrogen) atoms. The molecule has 0 amide bonds. The highest BCUT2D eigenvalue weighted by atomic mass is 31.2. The molecule has 0 spiro atoms.